The minimum Gasteiger partial charge on any atom is -0.377 e. The Morgan fingerprint density at radius 3 is 2.55 bits per heavy atom. The van der Waals surface area contributed by atoms with Gasteiger partial charge in [-0.1, -0.05) is 36.7 Å². The molecule has 3 heteroatoms. The SMILES string of the molecule is CCC(Nc1c(C)cc(C)cc1Br)c1cccc(Cl)c1. The number of hydrogen-bond donors (Lipinski definition) is 1. The second-order valence-corrected chi connectivity index (χ2v) is 6.39. The Hall–Kier alpha value is -0.990. The fourth-order valence-electron chi connectivity index (χ4n) is 2.42. The Morgan fingerprint density at radius 1 is 1.20 bits per heavy atom. The molecule has 1 nitrogen and oxygen atoms in total. The molecular formula is C17H19BrClN. The van der Waals surface area contributed by atoms with E-state index in [0.29, 0.717) is 0 Å². The third-order valence-corrected chi connectivity index (χ3v) is 4.27. The van der Waals surface area contributed by atoms with Crippen LogP contribution in [-0.2, 0) is 0 Å². The van der Waals surface area contributed by atoms with Crippen molar-refractivity contribution in [3.63, 3.8) is 0 Å². The van der Waals surface area contributed by atoms with Crippen molar-refractivity contribution in [1.82, 2.24) is 0 Å². The first-order valence-corrected chi connectivity index (χ1v) is 7.97. The number of anilines is 1. The van der Waals surface area contributed by atoms with Gasteiger partial charge in [0.25, 0.3) is 0 Å². The predicted molar refractivity (Wildman–Crippen MR) is 91.7 cm³/mol. The van der Waals surface area contributed by atoms with E-state index in [9.17, 15) is 0 Å². The van der Waals surface area contributed by atoms with Crippen LogP contribution >= 0.6 is 27.5 Å². The maximum Gasteiger partial charge on any atom is 0.0519 e. The van der Waals surface area contributed by atoms with Gasteiger partial charge in [-0.3, -0.25) is 0 Å². The molecule has 0 saturated carbocycles. The Bertz CT molecular complexity index is 587. The number of aryl methyl sites for hydroxylation is 2. The van der Waals surface area contributed by atoms with Crippen LogP contribution in [-0.4, -0.2) is 0 Å². The molecule has 0 saturated heterocycles. The first kappa shape index (κ1) is 15.4. The van der Waals surface area contributed by atoms with Gasteiger partial charge in [0.2, 0.25) is 0 Å². The maximum absolute atomic E-state index is 6.10. The van der Waals surface area contributed by atoms with Gasteiger partial charge in [0, 0.05) is 9.50 Å². The summed E-state index contributed by atoms with van der Waals surface area (Å²) in [5.74, 6) is 0. The summed E-state index contributed by atoms with van der Waals surface area (Å²) in [6.07, 6.45) is 1.00. The average Bonchev–Trinajstić information content (AvgIpc) is 2.38. The van der Waals surface area contributed by atoms with Gasteiger partial charge in [-0.2, -0.15) is 0 Å². The van der Waals surface area contributed by atoms with Crippen molar-refractivity contribution in [3.8, 4) is 0 Å². The highest BCUT2D eigenvalue weighted by atomic mass is 79.9. The summed E-state index contributed by atoms with van der Waals surface area (Å²) in [7, 11) is 0. The van der Waals surface area contributed by atoms with Crippen LogP contribution in [0.2, 0.25) is 5.02 Å². The second kappa shape index (κ2) is 6.64. The molecule has 0 bridgehead atoms. The van der Waals surface area contributed by atoms with E-state index in [-0.39, 0.29) is 6.04 Å². The first-order chi connectivity index (χ1) is 9.51. The van der Waals surface area contributed by atoms with Gasteiger partial charge in [0.1, 0.15) is 0 Å². The molecule has 0 amide bonds. The summed E-state index contributed by atoms with van der Waals surface area (Å²) >= 11 is 9.75. The average molecular weight is 353 g/mol. The lowest BCUT2D eigenvalue weighted by molar-refractivity contribution is 0.748. The van der Waals surface area contributed by atoms with Crippen molar-refractivity contribution in [3.05, 3.63) is 62.6 Å². The Labute approximate surface area is 134 Å². The van der Waals surface area contributed by atoms with E-state index in [4.69, 9.17) is 11.6 Å². The van der Waals surface area contributed by atoms with Crippen LogP contribution in [0.4, 0.5) is 5.69 Å². The molecule has 20 heavy (non-hydrogen) atoms. The number of halogens is 2. The Morgan fingerprint density at radius 2 is 1.95 bits per heavy atom. The van der Waals surface area contributed by atoms with Crippen molar-refractivity contribution >= 4 is 33.2 Å². The van der Waals surface area contributed by atoms with Crippen LogP contribution in [0.3, 0.4) is 0 Å². The quantitative estimate of drug-likeness (QED) is 0.682. The fraction of sp³-hybridized carbons (Fsp3) is 0.294. The van der Waals surface area contributed by atoms with E-state index in [2.05, 4.69) is 60.2 Å². The third kappa shape index (κ3) is 3.56. The van der Waals surface area contributed by atoms with Gasteiger partial charge in [0.15, 0.2) is 0 Å². The zero-order valence-corrected chi connectivity index (χ0v) is 14.3. The molecule has 106 valence electrons. The van der Waals surface area contributed by atoms with Crippen molar-refractivity contribution in [2.75, 3.05) is 5.32 Å². The summed E-state index contributed by atoms with van der Waals surface area (Å²) < 4.78 is 1.11. The molecule has 0 fully saturated rings. The van der Waals surface area contributed by atoms with Crippen molar-refractivity contribution in [1.29, 1.82) is 0 Å². The van der Waals surface area contributed by atoms with Crippen LogP contribution in [0.1, 0.15) is 36.1 Å². The fourth-order valence-corrected chi connectivity index (χ4v) is 3.40. The zero-order chi connectivity index (χ0) is 14.7. The van der Waals surface area contributed by atoms with Gasteiger partial charge in [-0.15, -0.1) is 0 Å². The predicted octanol–water partition coefficient (Wildman–Crippen LogP) is 6.28. The van der Waals surface area contributed by atoms with Gasteiger partial charge in [0.05, 0.1) is 11.7 Å². The molecule has 1 atom stereocenters. The lowest BCUT2D eigenvalue weighted by Gasteiger charge is -2.22. The molecule has 2 aromatic rings. The third-order valence-electron chi connectivity index (χ3n) is 3.41. The monoisotopic (exact) mass is 351 g/mol. The largest absolute Gasteiger partial charge is 0.377 e. The molecular weight excluding hydrogens is 334 g/mol. The van der Waals surface area contributed by atoms with Crippen LogP contribution in [0.25, 0.3) is 0 Å². The Kier molecular flexibility index (Phi) is 5.11. The van der Waals surface area contributed by atoms with Gasteiger partial charge in [-0.05, 0) is 71.1 Å². The molecule has 0 heterocycles. The van der Waals surface area contributed by atoms with Gasteiger partial charge < -0.3 is 5.32 Å². The van der Waals surface area contributed by atoms with E-state index in [1.165, 1.54) is 16.7 Å². The normalized spacial score (nSPS) is 12.2. The summed E-state index contributed by atoms with van der Waals surface area (Å²) in [4.78, 5) is 0. The Balaban J connectivity index is 2.32. The molecule has 0 aliphatic carbocycles. The molecule has 0 radical (unpaired) electrons. The second-order valence-electron chi connectivity index (χ2n) is 5.10. The first-order valence-electron chi connectivity index (χ1n) is 6.80. The van der Waals surface area contributed by atoms with Gasteiger partial charge >= 0.3 is 0 Å². The molecule has 2 aromatic carbocycles. The van der Waals surface area contributed by atoms with E-state index >= 15 is 0 Å². The van der Waals surface area contributed by atoms with Crippen LogP contribution < -0.4 is 5.32 Å². The minimum absolute atomic E-state index is 0.256. The van der Waals surface area contributed by atoms with E-state index < -0.39 is 0 Å². The minimum atomic E-state index is 0.256. The smallest absolute Gasteiger partial charge is 0.0519 e. The zero-order valence-electron chi connectivity index (χ0n) is 12.0. The van der Waals surface area contributed by atoms with E-state index in [1.807, 2.05) is 18.2 Å². The molecule has 0 aliphatic heterocycles. The summed E-state index contributed by atoms with van der Waals surface area (Å²) in [5.41, 5.74) is 4.88. The van der Waals surface area contributed by atoms with E-state index in [1.54, 1.807) is 0 Å². The van der Waals surface area contributed by atoms with Crippen LogP contribution in [0, 0.1) is 13.8 Å². The van der Waals surface area contributed by atoms with Crippen molar-refractivity contribution in [2.45, 2.75) is 33.2 Å². The molecule has 1 N–H and O–H groups in total. The van der Waals surface area contributed by atoms with Gasteiger partial charge in [-0.25, -0.2) is 0 Å². The van der Waals surface area contributed by atoms with Crippen LogP contribution in [0.15, 0.2) is 40.9 Å². The van der Waals surface area contributed by atoms with Crippen LogP contribution in [0.5, 0.6) is 0 Å². The van der Waals surface area contributed by atoms with Crippen molar-refractivity contribution < 1.29 is 0 Å². The topological polar surface area (TPSA) is 12.0 Å². The lowest BCUT2D eigenvalue weighted by Crippen LogP contribution is -2.11. The number of rotatable bonds is 4. The maximum atomic E-state index is 6.10. The summed E-state index contributed by atoms with van der Waals surface area (Å²) in [5, 5.41) is 4.41. The number of hydrogen-bond acceptors (Lipinski definition) is 1. The standard InChI is InChI=1S/C17H19BrClN/c1-4-16(13-6-5-7-14(19)10-13)20-17-12(3)8-11(2)9-15(17)18/h5-10,16,20H,4H2,1-3H3. The highest BCUT2D eigenvalue weighted by molar-refractivity contribution is 9.10. The highest BCUT2D eigenvalue weighted by Gasteiger charge is 2.13. The highest BCUT2D eigenvalue weighted by Crippen LogP contribution is 2.32. The van der Waals surface area contributed by atoms with E-state index in [0.717, 1.165) is 21.6 Å². The summed E-state index contributed by atoms with van der Waals surface area (Å²) in [6.45, 7) is 6.41. The molecule has 2 rings (SSSR count). The molecule has 0 aliphatic rings. The molecule has 0 spiro atoms. The number of nitrogens with one attached hydrogen (secondary N) is 1. The molecule has 1 unspecified atom stereocenters. The lowest BCUT2D eigenvalue weighted by atomic mass is 10.0. The van der Waals surface area contributed by atoms with Crippen molar-refractivity contribution in [2.24, 2.45) is 0 Å². The summed E-state index contributed by atoms with van der Waals surface area (Å²) in [6, 6.07) is 12.6. The number of benzene rings is 2. The molecule has 0 aromatic heterocycles.